The van der Waals surface area contributed by atoms with Gasteiger partial charge in [-0.25, -0.2) is 4.98 Å². The SMILES string of the molecule is O=C(C[C@H](c1ccccc1)c1ccc2c(c1)OCO2)NCc1cnc2ccccn12. The molecule has 2 aromatic carbocycles. The normalized spacial score (nSPS) is 13.3. The molecule has 0 spiro atoms. The number of carbonyl (C=O) groups is 1. The Kier molecular flexibility index (Phi) is 4.81. The molecule has 6 heteroatoms. The zero-order chi connectivity index (χ0) is 20.3. The maximum atomic E-state index is 12.9. The van der Waals surface area contributed by atoms with Gasteiger partial charge >= 0.3 is 0 Å². The van der Waals surface area contributed by atoms with E-state index in [0.717, 1.165) is 34.0 Å². The highest BCUT2D eigenvalue weighted by Gasteiger charge is 2.22. The average molecular weight is 399 g/mol. The van der Waals surface area contributed by atoms with Crippen LogP contribution in [0.15, 0.2) is 79.1 Å². The van der Waals surface area contributed by atoms with Gasteiger partial charge in [-0.15, -0.1) is 0 Å². The average Bonchev–Trinajstić information content (AvgIpc) is 3.43. The molecular weight excluding hydrogens is 378 g/mol. The van der Waals surface area contributed by atoms with Crippen molar-refractivity contribution < 1.29 is 14.3 Å². The Morgan fingerprint density at radius 3 is 2.73 bits per heavy atom. The maximum absolute atomic E-state index is 12.9. The van der Waals surface area contributed by atoms with Crippen LogP contribution >= 0.6 is 0 Å². The molecule has 0 bridgehead atoms. The second-order valence-corrected chi connectivity index (χ2v) is 7.24. The number of amides is 1. The van der Waals surface area contributed by atoms with Crippen molar-refractivity contribution >= 4 is 11.6 Å². The molecule has 2 aromatic heterocycles. The third-order valence-corrected chi connectivity index (χ3v) is 5.35. The van der Waals surface area contributed by atoms with Crippen molar-refractivity contribution in [1.29, 1.82) is 0 Å². The van der Waals surface area contributed by atoms with Gasteiger partial charge in [0.2, 0.25) is 12.7 Å². The van der Waals surface area contributed by atoms with Gasteiger partial charge in [-0.1, -0.05) is 42.5 Å². The van der Waals surface area contributed by atoms with Gasteiger partial charge in [-0.2, -0.15) is 0 Å². The van der Waals surface area contributed by atoms with Gasteiger partial charge in [-0.05, 0) is 35.4 Å². The number of fused-ring (bicyclic) bond motifs is 2. The van der Waals surface area contributed by atoms with E-state index in [2.05, 4.69) is 10.3 Å². The molecule has 6 nitrogen and oxygen atoms in total. The van der Waals surface area contributed by atoms with Crippen LogP contribution in [0.1, 0.15) is 29.2 Å². The molecule has 0 fully saturated rings. The Morgan fingerprint density at radius 1 is 1.00 bits per heavy atom. The highest BCUT2D eigenvalue weighted by Crippen LogP contribution is 2.37. The molecule has 1 amide bonds. The van der Waals surface area contributed by atoms with Crippen LogP contribution in [0.25, 0.3) is 5.65 Å². The molecule has 0 radical (unpaired) electrons. The van der Waals surface area contributed by atoms with Crippen LogP contribution in [0.4, 0.5) is 0 Å². The van der Waals surface area contributed by atoms with E-state index in [-0.39, 0.29) is 18.6 Å². The number of nitrogens with one attached hydrogen (secondary N) is 1. The lowest BCUT2D eigenvalue weighted by atomic mass is 9.88. The van der Waals surface area contributed by atoms with E-state index < -0.39 is 0 Å². The third-order valence-electron chi connectivity index (χ3n) is 5.35. The van der Waals surface area contributed by atoms with E-state index in [1.165, 1.54) is 0 Å². The van der Waals surface area contributed by atoms with E-state index in [1.807, 2.05) is 77.3 Å². The molecule has 0 saturated heterocycles. The maximum Gasteiger partial charge on any atom is 0.231 e. The lowest BCUT2D eigenvalue weighted by Crippen LogP contribution is -2.25. The number of rotatable bonds is 6. The minimum atomic E-state index is -0.0807. The quantitative estimate of drug-likeness (QED) is 0.534. The van der Waals surface area contributed by atoms with Crippen molar-refractivity contribution in [1.82, 2.24) is 14.7 Å². The van der Waals surface area contributed by atoms with Crippen LogP contribution in [-0.4, -0.2) is 22.1 Å². The van der Waals surface area contributed by atoms with Crippen LogP contribution in [0, 0.1) is 0 Å². The summed E-state index contributed by atoms with van der Waals surface area (Å²) in [5.41, 5.74) is 3.92. The van der Waals surface area contributed by atoms with Crippen molar-refractivity contribution in [2.75, 3.05) is 6.79 Å². The van der Waals surface area contributed by atoms with Gasteiger partial charge in [0.25, 0.3) is 0 Å². The summed E-state index contributed by atoms with van der Waals surface area (Å²) in [4.78, 5) is 17.2. The third kappa shape index (κ3) is 3.59. The first kappa shape index (κ1) is 18.2. The molecular formula is C24H21N3O3. The summed E-state index contributed by atoms with van der Waals surface area (Å²) in [7, 11) is 0. The summed E-state index contributed by atoms with van der Waals surface area (Å²) in [6, 6.07) is 21.8. The van der Waals surface area contributed by atoms with Crippen molar-refractivity contribution in [3.8, 4) is 11.5 Å². The van der Waals surface area contributed by atoms with Crippen LogP contribution in [0.2, 0.25) is 0 Å². The molecule has 4 aromatic rings. The highest BCUT2D eigenvalue weighted by molar-refractivity contribution is 5.77. The van der Waals surface area contributed by atoms with Gasteiger partial charge in [0.05, 0.1) is 18.4 Å². The lowest BCUT2D eigenvalue weighted by Gasteiger charge is -2.18. The van der Waals surface area contributed by atoms with Crippen LogP contribution in [-0.2, 0) is 11.3 Å². The number of benzene rings is 2. The fourth-order valence-electron chi connectivity index (χ4n) is 3.81. The number of carbonyl (C=O) groups excluding carboxylic acids is 1. The first-order valence-corrected chi connectivity index (χ1v) is 9.90. The fraction of sp³-hybridized carbons (Fsp3) is 0.167. The number of imidazole rings is 1. The zero-order valence-electron chi connectivity index (χ0n) is 16.3. The molecule has 0 unspecified atom stereocenters. The Labute approximate surface area is 174 Å². The number of aromatic nitrogens is 2. The molecule has 1 aliphatic rings. The molecule has 150 valence electrons. The topological polar surface area (TPSA) is 64.9 Å². The van der Waals surface area contributed by atoms with E-state index in [4.69, 9.17) is 9.47 Å². The monoisotopic (exact) mass is 399 g/mol. The predicted octanol–water partition coefficient (Wildman–Crippen LogP) is 3.90. The van der Waals surface area contributed by atoms with E-state index in [0.29, 0.717) is 13.0 Å². The second-order valence-electron chi connectivity index (χ2n) is 7.24. The van der Waals surface area contributed by atoms with Crippen LogP contribution in [0.3, 0.4) is 0 Å². The highest BCUT2D eigenvalue weighted by atomic mass is 16.7. The van der Waals surface area contributed by atoms with Crippen molar-refractivity contribution in [2.45, 2.75) is 18.9 Å². The summed E-state index contributed by atoms with van der Waals surface area (Å²) in [5, 5.41) is 3.04. The van der Waals surface area contributed by atoms with Crippen molar-refractivity contribution in [3.05, 3.63) is 95.9 Å². The van der Waals surface area contributed by atoms with Gasteiger partial charge in [0.15, 0.2) is 11.5 Å². The molecule has 1 atom stereocenters. The molecule has 3 heterocycles. The van der Waals surface area contributed by atoms with E-state index in [9.17, 15) is 4.79 Å². The summed E-state index contributed by atoms with van der Waals surface area (Å²) < 4.78 is 12.9. The standard InChI is InChI=1S/C24H21N3O3/c28-24(26-15-19-14-25-23-8-4-5-11-27(19)23)13-20(17-6-2-1-3-7-17)18-9-10-21-22(12-18)30-16-29-21/h1-12,14,20H,13,15-16H2,(H,26,28)/t20-/m1/s1. The molecule has 0 aliphatic carbocycles. The first-order valence-electron chi connectivity index (χ1n) is 9.90. The minimum absolute atomic E-state index is 0.0209. The van der Waals surface area contributed by atoms with E-state index in [1.54, 1.807) is 6.20 Å². The first-order chi connectivity index (χ1) is 14.8. The number of ether oxygens (including phenoxy) is 2. The predicted molar refractivity (Wildman–Crippen MR) is 113 cm³/mol. The summed E-state index contributed by atoms with van der Waals surface area (Å²) >= 11 is 0. The molecule has 1 aliphatic heterocycles. The number of pyridine rings is 1. The summed E-state index contributed by atoms with van der Waals surface area (Å²) in [5.74, 6) is 1.36. The molecule has 0 saturated carbocycles. The molecule has 1 N–H and O–H groups in total. The Balaban J connectivity index is 1.35. The number of nitrogens with zero attached hydrogens (tertiary/aromatic N) is 2. The van der Waals surface area contributed by atoms with E-state index >= 15 is 0 Å². The molecule has 5 rings (SSSR count). The van der Waals surface area contributed by atoms with Crippen molar-refractivity contribution in [2.24, 2.45) is 0 Å². The number of hydrogen-bond acceptors (Lipinski definition) is 4. The largest absolute Gasteiger partial charge is 0.454 e. The van der Waals surface area contributed by atoms with Gasteiger partial charge in [0.1, 0.15) is 5.65 Å². The zero-order valence-corrected chi connectivity index (χ0v) is 16.3. The minimum Gasteiger partial charge on any atom is -0.454 e. The van der Waals surface area contributed by atoms with Crippen molar-refractivity contribution in [3.63, 3.8) is 0 Å². The van der Waals surface area contributed by atoms with Gasteiger partial charge in [-0.3, -0.25) is 4.79 Å². The Bertz CT molecular complexity index is 1190. The summed E-state index contributed by atoms with van der Waals surface area (Å²) in [6.07, 6.45) is 4.08. The second kappa shape index (κ2) is 7.91. The van der Waals surface area contributed by atoms with Crippen LogP contribution in [0.5, 0.6) is 11.5 Å². The fourth-order valence-corrected chi connectivity index (χ4v) is 3.81. The Hall–Kier alpha value is -3.80. The summed E-state index contributed by atoms with van der Waals surface area (Å²) in [6.45, 7) is 0.654. The molecule has 30 heavy (non-hydrogen) atoms. The van der Waals surface area contributed by atoms with Gasteiger partial charge < -0.3 is 19.2 Å². The van der Waals surface area contributed by atoms with Crippen LogP contribution < -0.4 is 14.8 Å². The smallest absolute Gasteiger partial charge is 0.231 e. The van der Waals surface area contributed by atoms with Gasteiger partial charge in [0, 0.05) is 18.5 Å². The number of hydrogen-bond donors (Lipinski definition) is 1. The lowest BCUT2D eigenvalue weighted by molar-refractivity contribution is -0.121. The Morgan fingerprint density at radius 2 is 1.83 bits per heavy atom.